The molecule has 1 N–H and O–H groups in total. The fraction of sp³-hybridized carbons (Fsp3) is 0. The van der Waals surface area contributed by atoms with Gasteiger partial charge in [-0.2, -0.15) is 0 Å². The number of hydrogen-bond donors (Lipinski definition) is 1. The van der Waals surface area contributed by atoms with Crippen molar-refractivity contribution in [3.05, 3.63) is 101 Å². The van der Waals surface area contributed by atoms with Crippen molar-refractivity contribution < 1.29 is 9.07 Å². The predicted molar refractivity (Wildman–Crippen MR) is 109 cm³/mol. The summed E-state index contributed by atoms with van der Waals surface area (Å²) >= 11 is 1.53. The largest absolute Gasteiger partial charge is 0.327 e. The lowest BCUT2D eigenvalue weighted by Crippen LogP contribution is -2.35. The molecule has 0 aliphatic carbocycles. The Labute approximate surface area is 161 Å². The van der Waals surface area contributed by atoms with Crippen molar-refractivity contribution in [2.75, 3.05) is 5.32 Å². The van der Waals surface area contributed by atoms with Gasteiger partial charge in [-0.3, -0.25) is 0 Å². The van der Waals surface area contributed by atoms with E-state index in [-0.39, 0.29) is 5.82 Å². The van der Waals surface area contributed by atoms with Gasteiger partial charge in [-0.15, -0.1) is 0 Å². The monoisotopic (exact) mass is 374 g/mol. The Balaban J connectivity index is 1.70. The summed E-state index contributed by atoms with van der Waals surface area (Å²) in [6, 6.07) is 26.3. The highest BCUT2D eigenvalue weighted by atomic mass is 32.1. The second-order valence-corrected chi connectivity index (χ2v) is 6.88. The topological polar surface area (TPSA) is 28.8 Å². The van der Waals surface area contributed by atoms with Crippen molar-refractivity contribution in [3.63, 3.8) is 0 Å². The summed E-state index contributed by atoms with van der Waals surface area (Å²) in [5.74, 6) is -0.265. The standard InChI is InChI=1S/C22H17FN3S/c23-18-12-14-20(15-13-18)26-21(16-11-17-7-3-1-4-8-17)27-22(25-26)24-19-9-5-2-6-10-19/h1-16H,(H,24,25)/q+1/b16-11+. The molecule has 3 aromatic carbocycles. The molecule has 1 aromatic heterocycles. The first-order valence-corrected chi connectivity index (χ1v) is 9.34. The van der Waals surface area contributed by atoms with Crippen molar-refractivity contribution in [2.24, 2.45) is 0 Å². The normalized spacial score (nSPS) is 11.0. The van der Waals surface area contributed by atoms with Crippen LogP contribution in [0.2, 0.25) is 0 Å². The van der Waals surface area contributed by atoms with E-state index >= 15 is 0 Å². The summed E-state index contributed by atoms with van der Waals surface area (Å²) in [5, 5.41) is 9.69. The first-order chi connectivity index (χ1) is 13.3. The van der Waals surface area contributed by atoms with Gasteiger partial charge in [0.1, 0.15) is 5.82 Å². The summed E-state index contributed by atoms with van der Waals surface area (Å²) in [4.78, 5) is 0. The molecule has 0 fully saturated rings. The van der Waals surface area contributed by atoms with Crippen molar-refractivity contribution in [3.8, 4) is 5.69 Å². The molecule has 0 saturated heterocycles. The average molecular weight is 374 g/mol. The number of anilines is 2. The Morgan fingerprint density at radius 3 is 2.19 bits per heavy atom. The van der Waals surface area contributed by atoms with Gasteiger partial charge in [-0.05, 0) is 51.9 Å². The molecule has 3 nitrogen and oxygen atoms in total. The maximum atomic E-state index is 13.3. The highest BCUT2D eigenvalue weighted by molar-refractivity contribution is 7.15. The van der Waals surface area contributed by atoms with Gasteiger partial charge in [-0.25, -0.2) is 4.39 Å². The fourth-order valence-electron chi connectivity index (χ4n) is 2.60. The van der Waals surface area contributed by atoms with Crippen molar-refractivity contribution in [2.45, 2.75) is 0 Å². The number of hydrogen-bond acceptors (Lipinski definition) is 3. The van der Waals surface area contributed by atoms with E-state index in [2.05, 4.69) is 10.4 Å². The quantitative estimate of drug-likeness (QED) is 0.469. The van der Waals surface area contributed by atoms with Crippen LogP contribution in [-0.4, -0.2) is 5.10 Å². The third-order valence-corrected chi connectivity index (χ3v) is 4.81. The van der Waals surface area contributed by atoms with Gasteiger partial charge >= 0.3 is 0 Å². The van der Waals surface area contributed by atoms with E-state index in [1.165, 1.54) is 23.5 Å². The van der Waals surface area contributed by atoms with Crippen molar-refractivity contribution in [1.29, 1.82) is 0 Å². The van der Waals surface area contributed by atoms with Gasteiger partial charge in [0.2, 0.25) is 5.69 Å². The number of rotatable bonds is 5. The van der Waals surface area contributed by atoms with E-state index in [0.717, 1.165) is 27.1 Å². The average Bonchev–Trinajstić information content (AvgIpc) is 3.11. The number of halogens is 1. The summed E-state index contributed by atoms with van der Waals surface area (Å²) in [6.07, 6.45) is 4.06. The zero-order chi connectivity index (χ0) is 18.5. The van der Waals surface area contributed by atoms with Crippen LogP contribution in [0.5, 0.6) is 0 Å². The molecule has 0 spiro atoms. The number of aromatic nitrogens is 2. The van der Waals surface area contributed by atoms with E-state index < -0.39 is 0 Å². The molecule has 0 unspecified atom stereocenters. The van der Waals surface area contributed by atoms with Crippen molar-refractivity contribution >= 4 is 34.3 Å². The molecular weight excluding hydrogens is 357 g/mol. The third kappa shape index (κ3) is 4.27. The lowest BCUT2D eigenvalue weighted by Gasteiger charge is -1.97. The van der Waals surface area contributed by atoms with E-state index in [1.54, 1.807) is 12.1 Å². The molecule has 132 valence electrons. The molecule has 0 bridgehead atoms. The lowest BCUT2D eigenvalue weighted by molar-refractivity contribution is -0.654. The van der Waals surface area contributed by atoms with Crippen LogP contribution in [0.25, 0.3) is 17.8 Å². The first kappa shape index (κ1) is 17.1. The van der Waals surface area contributed by atoms with Gasteiger partial charge in [-0.1, -0.05) is 48.5 Å². The maximum absolute atomic E-state index is 13.3. The predicted octanol–water partition coefficient (Wildman–Crippen LogP) is 5.47. The van der Waals surface area contributed by atoms with Crippen LogP contribution in [0, 0.1) is 5.82 Å². The smallest absolute Gasteiger partial charge is 0.297 e. The fourth-order valence-corrected chi connectivity index (χ4v) is 3.46. The van der Waals surface area contributed by atoms with Gasteiger partial charge in [0.05, 0.1) is 0 Å². The molecule has 0 amide bonds. The SMILES string of the molecule is Fc1ccc(-[n+]2nc(Nc3ccccc3)sc2/C=C/c2ccccc2)cc1. The molecule has 4 aromatic rings. The van der Waals surface area contributed by atoms with E-state index in [0.29, 0.717) is 0 Å². The molecule has 5 heteroatoms. The highest BCUT2D eigenvalue weighted by Gasteiger charge is 2.20. The second kappa shape index (κ2) is 7.93. The second-order valence-electron chi connectivity index (χ2n) is 5.87. The maximum Gasteiger partial charge on any atom is 0.297 e. The Kier molecular flexibility index (Phi) is 5.03. The Bertz CT molecular complexity index is 1040. The first-order valence-electron chi connectivity index (χ1n) is 8.52. The minimum absolute atomic E-state index is 0.265. The summed E-state index contributed by atoms with van der Waals surface area (Å²) in [6.45, 7) is 0. The highest BCUT2D eigenvalue weighted by Crippen LogP contribution is 2.22. The molecule has 0 radical (unpaired) electrons. The molecule has 27 heavy (non-hydrogen) atoms. The van der Waals surface area contributed by atoms with Crippen LogP contribution in [0.15, 0.2) is 84.9 Å². The lowest BCUT2D eigenvalue weighted by atomic mass is 10.2. The van der Waals surface area contributed by atoms with Crippen LogP contribution in [0.1, 0.15) is 10.6 Å². The van der Waals surface area contributed by atoms with E-state index in [9.17, 15) is 4.39 Å². The summed E-state index contributed by atoms with van der Waals surface area (Å²) < 4.78 is 15.1. The molecule has 0 saturated carbocycles. The van der Waals surface area contributed by atoms with Crippen LogP contribution >= 0.6 is 11.3 Å². The van der Waals surface area contributed by atoms with Crippen LogP contribution in [0.4, 0.5) is 15.2 Å². The van der Waals surface area contributed by atoms with Crippen LogP contribution in [-0.2, 0) is 0 Å². The third-order valence-electron chi connectivity index (χ3n) is 3.92. The van der Waals surface area contributed by atoms with Crippen LogP contribution in [0.3, 0.4) is 0 Å². The number of nitrogens with zero attached hydrogens (tertiary/aromatic N) is 2. The minimum Gasteiger partial charge on any atom is -0.327 e. The van der Waals surface area contributed by atoms with Gasteiger partial charge in [0, 0.05) is 29.0 Å². The minimum atomic E-state index is -0.265. The Morgan fingerprint density at radius 1 is 0.815 bits per heavy atom. The van der Waals surface area contributed by atoms with Crippen molar-refractivity contribution in [1.82, 2.24) is 5.10 Å². The summed E-state index contributed by atoms with van der Waals surface area (Å²) in [5.41, 5.74) is 2.88. The molecule has 0 aliphatic rings. The van der Waals surface area contributed by atoms with Gasteiger partial charge in [0.25, 0.3) is 10.1 Å². The number of nitrogens with one attached hydrogen (secondary N) is 1. The molecule has 1 heterocycles. The molecule has 0 atom stereocenters. The van der Waals surface area contributed by atoms with Gasteiger partial charge in [0.15, 0.2) is 0 Å². The molecular formula is C22H17FN3S+. The Morgan fingerprint density at radius 2 is 1.48 bits per heavy atom. The van der Waals surface area contributed by atoms with Gasteiger partial charge < -0.3 is 5.32 Å². The Hall–Kier alpha value is -3.31. The zero-order valence-corrected chi connectivity index (χ0v) is 15.2. The molecule has 4 rings (SSSR count). The number of para-hydroxylation sites is 1. The van der Waals surface area contributed by atoms with E-state index in [1.807, 2.05) is 77.5 Å². The zero-order valence-electron chi connectivity index (χ0n) is 14.4. The molecule has 0 aliphatic heterocycles. The van der Waals surface area contributed by atoms with Crippen LogP contribution < -0.4 is 10.00 Å². The summed E-state index contributed by atoms with van der Waals surface area (Å²) in [7, 11) is 0. The number of benzene rings is 3. The van der Waals surface area contributed by atoms with E-state index in [4.69, 9.17) is 0 Å².